The van der Waals surface area contributed by atoms with Crippen LogP contribution in [0.4, 0.5) is 0 Å². The Morgan fingerprint density at radius 1 is 0.562 bits per heavy atom. The Hall–Kier alpha value is 0. The number of hydrogen-bond acceptors (Lipinski definition) is 0. The first-order chi connectivity index (χ1) is 7.79. The lowest BCUT2D eigenvalue weighted by Gasteiger charge is -2.25. The van der Waals surface area contributed by atoms with Gasteiger partial charge in [-0.05, 0) is 11.8 Å². The van der Waals surface area contributed by atoms with Crippen molar-refractivity contribution in [1.82, 2.24) is 0 Å². The summed E-state index contributed by atoms with van der Waals surface area (Å²) in [5, 5.41) is 0. The topological polar surface area (TPSA) is 0 Å². The standard InChI is InChI=1S/C16H34/c1-5-9-10-11-12-14-16(8-4)15(7-3)13-6-2/h15-16H,5-14H2,1-4H3. The van der Waals surface area contributed by atoms with E-state index in [0.717, 1.165) is 11.8 Å². The first-order valence-corrected chi connectivity index (χ1v) is 7.79. The summed E-state index contributed by atoms with van der Waals surface area (Å²) >= 11 is 0. The zero-order valence-electron chi connectivity index (χ0n) is 12.2. The highest BCUT2D eigenvalue weighted by atomic mass is 14.2. The predicted octanol–water partition coefficient (Wildman–Crippen LogP) is 6.20. The van der Waals surface area contributed by atoms with E-state index in [1.54, 1.807) is 0 Å². The van der Waals surface area contributed by atoms with Crippen LogP contribution in [0.15, 0.2) is 0 Å². The summed E-state index contributed by atoms with van der Waals surface area (Å²) in [4.78, 5) is 0. The van der Waals surface area contributed by atoms with Gasteiger partial charge in [-0.25, -0.2) is 0 Å². The molecule has 2 atom stereocenters. The minimum absolute atomic E-state index is 1.00. The lowest BCUT2D eigenvalue weighted by atomic mass is 9.81. The first-order valence-electron chi connectivity index (χ1n) is 7.79. The summed E-state index contributed by atoms with van der Waals surface area (Å²) in [7, 11) is 0. The summed E-state index contributed by atoms with van der Waals surface area (Å²) in [5.74, 6) is 2.01. The van der Waals surface area contributed by atoms with Crippen molar-refractivity contribution in [2.24, 2.45) is 11.8 Å². The maximum absolute atomic E-state index is 2.38. The highest BCUT2D eigenvalue weighted by molar-refractivity contribution is 4.68. The van der Waals surface area contributed by atoms with Crippen LogP contribution >= 0.6 is 0 Å². The summed E-state index contributed by atoms with van der Waals surface area (Å²) in [5.41, 5.74) is 0. The van der Waals surface area contributed by atoms with Crippen LogP contribution in [0.2, 0.25) is 0 Å². The molecule has 0 saturated carbocycles. The van der Waals surface area contributed by atoms with Gasteiger partial charge in [-0.15, -0.1) is 0 Å². The Labute approximate surface area is 104 Å². The zero-order chi connectivity index (χ0) is 12.2. The average molecular weight is 226 g/mol. The maximum Gasteiger partial charge on any atom is -0.0389 e. The minimum atomic E-state index is 1.00. The molecule has 0 spiro atoms. The van der Waals surface area contributed by atoms with Crippen LogP contribution in [-0.4, -0.2) is 0 Å². The van der Waals surface area contributed by atoms with E-state index in [0.29, 0.717) is 0 Å². The molecule has 0 N–H and O–H groups in total. The number of unbranched alkanes of at least 4 members (excludes halogenated alkanes) is 4. The molecule has 0 radical (unpaired) electrons. The Morgan fingerprint density at radius 2 is 1.12 bits per heavy atom. The van der Waals surface area contributed by atoms with E-state index in [2.05, 4.69) is 27.7 Å². The molecular weight excluding hydrogens is 192 g/mol. The van der Waals surface area contributed by atoms with Crippen LogP contribution in [0.25, 0.3) is 0 Å². The van der Waals surface area contributed by atoms with Crippen molar-refractivity contribution in [2.45, 2.75) is 91.9 Å². The quantitative estimate of drug-likeness (QED) is 0.368. The number of rotatable bonds is 11. The molecule has 0 aromatic heterocycles. The van der Waals surface area contributed by atoms with Gasteiger partial charge in [0.05, 0.1) is 0 Å². The molecule has 0 aromatic rings. The third-order valence-corrected chi connectivity index (χ3v) is 4.05. The highest BCUT2D eigenvalue weighted by Crippen LogP contribution is 2.28. The SMILES string of the molecule is CCCCCCCC(CC)C(CC)CCC. The lowest BCUT2D eigenvalue weighted by Crippen LogP contribution is -2.13. The molecular formula is C16H34. The maximum atomic E-state index is 2.38. The van der Waals surface area contributed by atoms with Crippen LogP contribution in [0.3, 0.4) is 0 Å². The second kappa shape index (κ2) is 11.5. The summed E-state index contributed by atoms with van der Waals surface area (Å²) in [6, 6.07) is 0. The largest absolute Gasteiger partial charge is 0.0654 e. The van der Waals surface area contributed by atoms with Gasteiger partial charge in [-0.1, -0.05) is 91.9 Å². The van der Waals surface area contributed by atoms with Crippen molar-refractivity contribution in [3.05, 3.63) is 0 Å². The Bertz CT molecular complexity index is 128. The monoisotopic (exact) mass is 226 g/mol. The van der Waals surface area contributed by atoms with Crippen molar-refractivity contribution in [3.63, 3.8) is 0 Å². The molecule has 0 amide bonds. The Kier molecular flexibility index (Phi) is 11.5. The minimum Gasteiger partial charge on any atom is -0.0654 e. The van der Waals surface area contributed by atoms with E-state index < -0.39 is 0 Å². The van der Waals surface area contributed by atoms with Crippen LogP contribution in [0.1, 0.15) is 91.9 Å². The van der Waals surface area contributed by atoms with Crippen LogP contribution in [-0.2, 0) is 0 Å². The van der Waals surface area contributed by atoms with Gasteiger partial charge in [-0.2, -0.15) is 0 Å². The second-order valence-corrected chi connectivity index (χ2v) is 5.33. The highest BCUT2D eigenvalue weighted by Gasteiger charge is 2.16. The summed E-state index contributed by atoms with van der Waals surface area (Å²) < 4.78 is 0. The molecule has 0 saturated heterocycles. The molecule has 16 heavy (non-hydrogen) atoms. The third-order valence-electron chi connectivity index (χ3n) is 4.05. The van der Waals surface area contributed by atoms with Gasteiger partial charge < -0.3 is 0 Å². The predicted molar refractivity (Wildman–Crippen MR) is 75.8 cm³/mol. The van der Waals surface area contributed by atoms with Gasteiger partial charge >= 0.3 is 0 Å². The molecule has 0 aliphatic heterocycles. The van der Waals surface area contributed by atoms with E-state index in [9.17, 15) is 0 Å². The van der Waals surface area contributed by atoms with E-state index in [4.69, 9.17) is 0 Å². The van der Waals surface area contributed by atoms with E-state index in [1.165, 1.54) is 64.2 Å². The van der Waals surface area contributed by atoms with Gasteiger partial charge in [0.1, 0.15) is 0 Å². The Balaban J connectivity index is 3.70. The van der Waals surface area contributed by atoms with Crippen molar-refractivity contribution in [3.8, 4) is 0 Å². The molecule has 0 rings (SSSR count). The smallest absolute Gasteiger partial charge is 0.0389 e. The Morgan fingerprint density at radius 3 is 1.62 bits per heavy atom. The molecule has 2 unspecified atom stereocenters. The molecule has 0 heteroatoms. The van der Waals surface area contributed by atoms with E-state index in [-0.39, 0.29) is 0 Å². The fourth-order valence-corrected chi connectivity index (χ4v) is 2.93. The van der Waals surface area contributed by atoms with E-state index >= 15 is 0 Å². The molecule has 0 bridgehead atoms. The lowest BCUT2D eigenvalue weighted by molar-refractivity contribution is 0.268. The van der Waals surface area contributed by atoms with Crippen LogP contribution in [0.5, 0.6) is 0 Å². The summed E-state index contributed by atoms with van der Waals surface area (Å²) in [6.07, 6.45) is 14.3. The van der Waals surface area contributed by atoms with Gasteiger partial charge in [0.15, 0.2) is 0 Å². The summed E-state index contributed by atoms with van der Waals surface area (Å²) in [6.45, 7) is 9.38. The van der Waals surface area contributed by atoms with Crippen molar-refractivity contribution < 1.29 is 0 Å². The molecule has 0 heterocycles. The molecule has 98 valence electrons. The molecule has 0 fully saturated rings. The normalized spacial score (nSPS) is 15.0. The fourth-order valence-electron chi connectivity index (χ4n) is 2.93. The fraction of sp³-hybridized carbons (Fsp3) is 1.00. The molecule has 0 nitrogen and oxygen atoms in total. The molecule has 0 aliphatic carbocycles. The van der Waals surface area contributed by atoms with Crippen LogP contribution in [0, 0.1) is 11.8 Å². The average Bonchev–Trinajstić information content (AvgIpc) is 2.31. The number of hydrogen-bond donors (Lipinski definition) is 0. The van der Waals surface area contributed by atoms with Gasteiger partial charge in [0.2, 0.25) is 0 Å². The molecule has 0 aliphatic rings. The van der Waals surface area contributed by atoms with Gasteiger partial charge in [0.25, 0.3) is 0 Å². The first kappa shape index (κ1) is 16.0. The van der Waals surface area contributed by atoms with E-state index in [1.807, 2.05) is 0 Å². The molecule has 0 aromatic carbocycles. The van der Waals surface area contributed by atoms with Gasteiger partial charge in [0, 0.05) is 0 Å². The zero-order valence-corrected chi connectivity index (χ0v) is 12.2. The van der Waals surface area contributed by atoms with Crippen molar-refractivity contribution >= 4 is 0 Å². The van der Waals surface area contributed by atoms with Gasteiger partial charge in [-0.3, -0.25) is 0 Å². The van der Waals surface area contributed by atoms with Crippen LogP contribution < -0.4 is 0 Å². The second-order valence-electron chi connectivity index (χ2n) is 5.33. The van der Waals surface area contributed by atoms with Crippen molar-refractivity contribution in [2.75, 3.05) is 0 Å². The third kappa shape index (κ3) is 7.30. The van der Waals surface area contributed by atoms with Crippen molar-refractivity contribution in [1.29, 1.82) is 0 Å².